The number of aliphatic carboxylic acids is 1. The molecule has 1 aromatic rings. The molecule has 0 aliphatic rings. The standard InChI is InChI=1S/C10H12FNO4S/c1-6-3-4-8(11)5-9(6)12-17(15,16)7(2)10(13)14/h3-5,7,12H,1-2H3,(H,13,14). The maximum absolute atomic E-state index is 12.9. The van der Waals surface area contributed by atoms with Gasteiger partial charge in [0.05, 0.1) is 5.69 Å². The van der Waals surface area contributed by atoms with E-state index >= 15 is 0 Å². The highest BCUT2D eigenvalue weighted by Gasteiger charge is 2.27. The molecule has 0 saturated heterocycles. The van der Waals surface area contributed by atoms with Gasteiger partial charge < -0.3 is 5.11 Å². The maximum atomic E-state index is 12.9. The summed E-state index contributed by atoms with van der Waals surface area (Å²) in [6.07, 6.45) is 0. The van der Waals surface area contributed by atoms with E-state index in [1.54, 1.807) is 6.92 Å². The SMILES string of the molecule is Cc1ccc(F)cc1NS(=O)(=O)C(C)C(=O)O. The van der Waals surface area contributed by atoms with Crippen molar-refractivity contribution in [3.63, 3.8) is 0 Å². The van der Waals surface area contributed by atoms with Crippen molar-refractivity contribution in [2.45, 2.75) is 19.1 Å². The van der Waals surface area contributed by atoms with Gasteiger partial charge in [0.25, 0.3) is 0 Å². The second-order valence-corrected chi connectivity index (χ2v) is 5.59. The van der Waals surface area contributed by atoms with Gasteiger partial charge in [-0.2, -0.15) is 0 Å². The Morgan fingerprint density at radius 1 is 1.47 bits per heavy atom. The Morgan fingerprint density at radius 3 is 2.59 bits per heavy atom. The minimum absolute atomic E-state index is 0.0399. The number of carboxylic acid groups (broad SMARTS) is 1. The second kappa shape index (κ2) is 4.70. The molecule has 0 heterocycles. The van der Waals surface area contributed by atoms with Gasteiger partial charge in [0.2, 0.25) is 10.0 Å². The van der Waals surface area contributed by atoms with Crippen molar-refractivity contribution in [1.82, 2.24) is 0 Å². The molecule has 1 aromatic carbocycles. The lowest BCUT2D eigenvalue weighted by molar-refractivity contribution is -0.136. The van der Waals surface area contributed by atoms with Crippen LogP contribution in [0.15, 0.2) is 18.2 Å². The van der Waals surface area contributed by atoms with Crippen LogP contribution in [-0.4, -0.2) is 24.7 Å². The molecule has 0 radical (unpaired) electrons. The zero-order valence-corrected chi connectivity index (χ0v) is 10.1. The Bertz CT molecular complexity index is 541. The molecule has 5 nitrogen and oxygen atoms in total. The van der Waals surface area contributed by atoms with Crippen molar-refractivity contribution < 1.29 is 22.7 Å². The number of carboxylic acids is 1. The largest absolute Gasteiger partial charge is 0.480 e. The van der Waals surface area contributed by atoms with Crippen molar-refractivity contribution in [1.29, 1.82) is 0 Å². The fraction of sp³-hybridized carbons (Fsp3) is 0.300. The lowest BCUT2D eigenvalue weighted by Crippen LogP contribution is -2.32. The molecule has 1 unspecified atom stereocenters. The summed E-state index contributed by atoms with van der Waals surface area (Å²) in [7, 11) is -4.07. The summed E-state index contributed by atoms with van der Waals surface area (Å²) in [4.78, 5) is 10.6. The van der Waals surface area contributed by atoms with Gasteiger partial charge in [-0.15, -0.1) is 0 Å². The zero-order valence-electron chi connectivity index (χ0n) is 9.27. The van der Waals surface area contributed by atoms with Crippen LogP contribution in [0.25, 0.3) is 0 Å². The molecule has 0 aliphatic carbocycles. The van der Waals surface area contributed by atoms with Gasteiger partial charge in [-0.1, -0.05) is 6.07 Å². The van der Waals surface area contributed by atoms with Crippen LogP contribution in [0.5, 0.6) is 0 Å². The lowest BCUT2D eigenvalue weighted by atomic mass is 10.2. The summed E-state index contributed by atoms with van der Waals surface area (Å²) in [5.74, 6) is -2.07. The highest BCUT2D eigenvalue weighted by Crippen LogP contribution is 2.18. The van der Waals surface area contributed by atoms with E-state index in [1.807, 2.05) is 0 Å². The Hall–Kier alpha value is -1.63. The number of nitrogens with one attached hydrogen (secondary N) is 1. The van der Waals surface area contributed by atoms with E-state index in [9.17, 15) is 17.6 Å². The molecule has 7 heteroatoms. The van der Waals surface area contributed by atoms with Gasteiger partial charge in [0.15, 0.2) is 5.25 Å². The third-order valence-electron chi connectivity index (χ3n) is 2.27. The summed E-state index contributed by atoms with van der Waals surface area (Å²) in [5, 5.41) is 7.02. The number of rotatable bonds is 4. The van der Waals surface area contributed by atoms with E-state index in [0.717, 1.165) is 13.0 Å². The fourth-order valence-corrected chi connectivity index (χ4v) is 2.05. The molecule has 94 valence electrons. The van der Waals surface area contributed by atoms with Gasteiger partial charge in [0.1, 0.15) is 5.82 Å². The molecule has 1 atom stereocenters. The zero-order chi connectivity index (χ0) is 13.2. The summed E-state index contributed by atoms with van der Waals surface area (Å²) in [5.41, 5.74) is 0.547. The van der Waals surface area contributed by atoms with Crippen molar-refractivity contribution >= 4 is 21.7 Å². The van der Waals surface area contributed by atoms with Crippen molar-refractivity contribution in [2.24, 2.45) is 0 Å². The first kappa shape index (κ1) is 13.4. The van der Waals surface area contributed by atoms with E-state index in [4.69, 9.17) is 5.11 Å². The fourth-order valence-electron chi connectivity index (χ4n) is 1.08. The molecule has 0 bridgehead atoms. The van der Waals surface area contributed by atoms with Gasteiger partial charge in [0, 0.05) is 0 Å². The average molecular weight is 261 g/mol. The number of halogens is 1. The number of anilines is 1. The summed E-state index contributed by atoms with van der Waals surface area (Å²) < 4.78 is 38.2. The van der Waals surface area contributed by atoms with Crippen LogP contribution in [0, 0.1) is 12.7 Å². The van der Waals surface area contributed by atoms with E-state index in [-0.39, 0.29) is 5.69 Å². The Balaban J connectivity index is 3.06. The van der Waals surface area contributed by atoms with Crippen LogP contribution in [0.2, 0.25) is 0 Å². The van der Waals surface area contributed by atoms with Crippen LogP contribution >= 0.6 is 0 Å². The molecule has 17 heavy (non-hydrogen) atoms. The molecule has 0 fully saturated rings. The number of carbonyl (C=O) groups is 1. The molecule has 0 spiro atoms. The Labute approximate surface area is 98.3 Å². The Kier molecular flexibility index (Phi) is 3.72. The van der Waals surface area contributed by atoms with Crippen molar-refractivity contribution in [3.8, 4) is 0 Å². The van der Waals surface area contributed by atoms with Crippen LogP contribution in [-0.2, 0) is 14.8 Å². The molecule has 2 N–H and O–H groups in total. The predicted molar refractivity (Wildman–Crippen MR) is 60.8 cm³/mol. The normalized spacial score (nSPS) is 13.1. The number of aryl methyl sites for hydroxylation is 1. The molecule has 1 rings (SSSR count). The van der Waals surface area contributed by atoms with Crippen LogP contribution in [0.3, 0.4) is 0 Å². The van der Waals surface area contributed by atoms with Crippen LogP contribution in [0.1, 0.15) is 12.5 Å². The van der Waals surface area contributed by atoms with Gasteiger partial charge >= 0.3 is 5.97 Å². The van der Waals surface area contributed by atoms with Gasteiger partial charge in [-0.3, -0.25) is 9.52 Å². The molecular weight excluding hydrogens is 249 g/mol. The Morgan fingerprint density at radius 2 is 2.06 bits per heavy atom. The number of hydrogen-bond acceptors (Lipinski definition) is 3. The molecule has 0 saturated carbocycles. The number of hydrogen-bond donors (Lipinski definition) is 2. The predicted octanol–water partition coefficient (Wildman–Crippen LogP) is 1.35. The topological polar surface area (TPSA) is 83.5 Å². The number of benzene rings is 1. The monoisotopic (exact) mass is 261 g/mol. The third kappa shape index (κ3) is 3.16. The van der Waals surface area contributed by atoms with E-state index in [2.05, 4.69) is 4.72 Å². The number of sulfonamides is 1. The van der Waals surface area contributed by atoms with Crippen LogP contribution in [0.4, 0.5) is 10.1 Å². The second-order valence-electron chi connectivity index (χ2n) is 3.59. The summed E-state index contributed by atoms with van der Waals surface area (Å²) >= 11 is 0. The smallest absolute Gasteiger partial charge is 0.323 e. The lowest BCUT2D eigenvalue weighted by Gasteiger charge is -2.13. The first-order chi connectivity index (χ1) is 7.74. The molecule has 0 amide bonds. The first-order valence-corrected chi connectivity index (χ1v) is 6.29. The van der Waals surface area contributed by atoms with E-state index in [0.29, 0.717) is 5.56 Å². The maximum Gasteiger partial charge on any atom is 0.323 e. The minimum atomic E-state index is -4.07. The van der Waals surface area contributed by atoms with E-state index < -0.39 is 27.1 Å². The highest BCUT2D eigenvalue weighted by atomic mass is 32.2. The van der Waals surface area contributed by atoms with Gasteiger partial charge in [-0.05, 0) is 31.5 Å². The quantitative estimate of drug-likeness (QED) is 0.857. The van der Waals surface area contributed by atoms with Crippen molar-refractivity contribution in [3.05, 3.63) is 29.6 Å². The van der Waals surface area contributed by atoms with Gasteiger partial charge in [-0.25, -0.2) is 12.8 Å². The van der Waals surface area contributed by atoms with Crippen LogP contribution < -0.4 is 4.72 Å². The van der Waals surface area contributed by atoms with E-state index in [1.165, 1.54) is 12.1 Å². The summed E-state index contributed by atoms with van der Waals surface area (Å²) in [6, 6.07) is 3.59. The highest BCUT2D eigenvalue weighted by molar-refractivity contribution is 7.94. The average Bonchev–Trinajstić information content (AvgIpc) is 2.21. The summed E-state index contributed by atoms with van der Waals surface area (Å²) in [6.45, 7) is 2.63. The minimum Gasteiger partial charge on any atom is -0.480 e. The molecule has 0 aromatic heterocycles. The molecule has 0 aliphatic heterocycles. The molecular formula is C10H12FNO4S. The van der Waals surface area contributed by atoms with Crippen molar-refractivity contribution in [2.75, 3.05) is 4.72 Å². The third-order valence-corrected chi connectivity index (χ3v) is 3.90. The first-order valence-electron chi connectivity index (χ1n) is 4.74.